The summed E-state index contributed by atoms with van der Waals surface area (Å²) in [6, 6.07) is 5.39. The van der Waals surface area contributed by atoms with Crippen molar-refractivity contribution in [2.24, 2.45) is 7.05 Å². The van der Waals surface area contributed by atoms with Gasteiger partial charge >= 0.3 is 0 Å². The van der Waals surface area contributed by atoms with Crippen molar-refractivity contribution in [2.75, 3.05) is 6.54 Å². The van der Waals surface area contributed by atoms with Crippen LogP contribution in [0, 0.1) is 6.92 Å². The third-order valence-electron chi connectivity index (χ3n) is 5.29. The molecule has 1 aliphatic carbocycles. The molecular formula is C21H24N4O2. The maximum atomic E-state index is 12.8. The van der Waals surface area contributed by atoms with Crippen molar-refractivity contribution >= 4 is 22.6 Å². The highest BCUT2D eigenvalue weighted by Gasteiger charge is 2.17. The molecule has 4 rings (SSSR count). The maximum Gasteiger partial charge on any atom is 0.267 e. The molecule has 0 saturated carbocycles. The standard InChI is InChI=1S/C21H24N4O2/c1-14-8-9-18-23-19-16(21(27)25(18)13-14)12-17(24(19)2)20(26)22-11-10-15-6-4-3-5-7-15/h6,8-9,12-13H,3-5,7,10-11H2,1-2H3,(H,22,26). The van der Waals surface area contributed by atoms with Crippen LogP contribution in [0.5, 0.6) is 0 Å². The number of aromatic nitrogens is 3. The third-order valence-corrected chi connectivity index (χ3v) is 5.29. The Morgan fingerprint density at radius 3 is 2.93 bits per heavy atom. The summed E-state index contributed by atoms with van der Waals surface area (Å²) < 4.78 is 3.24. The SMILES string of the molecule is Cc1ccc2nc3c(cc(C(=O)NCCC4=CCCCC4)n3C)c(=O)n2c1. The van der Waals surface area contributed by atoms with E-state index in [1.54, 1.807) is 23.9 Å². The summed E-state index contributed by atoms with van der Waals surface area (Å²) in [5.41, 5.74) is 3.83. The maximum absolute atomic E-state index is 12.8. The Kier molecular flexibility index (Phi) is 4.56. The monoisotopic (exact) mass is 364 g/mol. The van der Waals surface area contributed by atoms with Crippen LogP contribution in [0.4, 0.5) is 0 Å². The average molecular weight is 364 g/mol. The number of carbonyl (C=O) groups excluding carboxylic acids is 1. The molecule has 0 saturated heterocycles. The predicted octanol–water partition coefficient (Wildman–Crippen LogP) is 3.11. The zero-order valence-electron chi connectivity index (χ0n) is 15.8. The minimum Gasteiger partial charge on any atom is -0.350 e. The molecule has 1 aliphatic rings. The molecule has 0 unspecified atom stereocenters. The Morgan fingerprint density at radius 1 is 1.30 bits per heavy atom. The van der Waals surface area contributed by atoms with Crippen LogP contribution < -0.4 is 10.9 Å². The van der Waals surface area contributed by atoms with E-state index >= 15 is 0 Å². The van der Waals surface area contributed by atoms with E-state index in [1.807, 2.05) is 19.1 Å². The van der Waals surface area contributed by atoms with Crippen molar-refractivity contribution in [3.8, 4) is 0 Å². The Bertz CT molecular complexity index is 1120. The van der Waals surface area contributed by atoms with E-state index < -0.39 is 0 Å². The van der Waals surface area contributed by atoms with Crippen molar-refractivity contribution < 1.29 is 4.79 Å². The normalized spacial score (nSPS) is 14.5. The van der Waals surface area contributed by atoms with Gasteiger partial charge in [-0.25, -0.2) is 4.98 Å². The summed E-state index contributed by atoms with van der Waals surface area (Å²) in [4.78, 5) is 30.0. The zero-order chi connectivity index (χ0) is 19.0. The molecule has 0 spiro atoms. The number of pyridine rings is 1. The summed E-state index contributed by atoms with van der Waals surface area (Å²) in [6.07, 6.45) is 9.75. The first-order chi connectivity index (χ1) is 13.0. The average Bonchev–Trinajstić information content (AvgIpc) is 3.00. The lowest BCUT2D eigenvalue weighted by atomic mass is 9.97. The molecule has 27 heavy (non-hydrogen) atoms. The summed E-state index contributed by atoms with van der Waals surface area (Å²) >= 11 is 0. The molecule has 6 nitrogen and oxygen atoms in total. The fraction of sp³-hybridized carbons (Fsp3) is 0.381. The van der Waals surface area contributed by atoms with Gasteiger partial charge < -0.3 is 9.88 Å². The number of hydrogen-bond donors (Lipinski definition) is 1. The molecule has 0 bridgehead atoms. The molecule has 0 aliphatic heterocycles. The van der Waals surface area contributed by atoms with E-state index in [-0.39, 0.29) is 11.5 Å². The first-order valence-electron chi connectivity index (χ1n) is 9.49. The second kappa shape index (κ2) is 7.02. The zero-order valence-corrected chi connectivity index (χ0v) is 15.8. The Morgan fingerprint density at radius 2 is 2.15 bits per heavy atom. The molecule has 0 radical (unpaired) electrons. The summed E-state index contributed by atoms with van der Waals surface area (Å²) in [5.74, 6) is -0.170. The topological polar surface area (TPSA) is 68.4 Å². The fourth-order valence-electron chi connectivity index (χ4n) is 3.75. The summed E-state index contributed by atoms with van der Waals surface area (Å²) in [5, 5.41) is 3.44. The van der Waals surface area contributed by atoms with Crippen molar-refractivity contribution in [1.82, 2.24) is 19.3 Å². The largest absolute Gasteiger partial charge is 0.350 e. The summed E-state index contributed by atoms with van der Waals surface area (Å²) in [6.45, 7) is 2.54. The molecule has 1 N–H and O–H groups in total. The lowest BCUT2D eigenvalue weighted by Crippen LogP contribution is -2.26. The van der Waals surface area contributed by atoms with Crippen LogP contribution in [0.3, 0.4) is 0 Å². The molecular weight excluding hydrogens is 340 g/mol. The molecule has 0 atom stereocenters. The van der Waals surface area contributed by atoms with E-state index in [0.717, 1.165) is 24.8 Å². The van der Waals surface area contributed by atoms with E-state index in [9.17, 15) is 9.59 Å². The smallest absolute Gasteiger partial charge is 0.267 e. The highest BCUT2D eigenvalue weighted by molar-refractivity contribution is 5.98. The molecule has 6 heteroatoms. The van der Waals surface area contributed by atoms with E-state index in [1.165, 1.54) is 22.8 Å². The van der Waals surface area contributed by atoms with Crippen molar-refractivity contribution in [1.29, 1.82) is 0 Å². The first-order valence-corrected chi connectivity index (χ1v) is 9.49. The molecule has 3 aromatic rings. The van der Waals surface area contributed by atoms with Crippen LogP contribution in [0.15, 0.2) is 40.8 Å². The van der Waals surface area contributed by atoms with Crippen LogP contribution in [-0.2, 0) is 7.05 Å². The van der Waals surface area contributed by atoms with Gasteiger partial charge in [-0.15, -0.1) is 0 Å². The number of rotatable bonds is 4. The van der Waals surface area contributed by atoms with Gasteiger partial charge in [-0.05, 0) is 56.7 Å². The van der Waals surface area contributed by atoms with Gasteiger partial charge in [0.15, 0.2) is 0 Å². The number of hydrogen-bond acceptors (Lipinski definition) is 3. The van der Waals surface area contributed by atoms with Crippen LogP contribution >= 0.6 is 0 Å². The van der Waals surface area contributed by atoms with Crippen LogP contribution in [0.2, 0.25) is 0 Å². The second-order valence-electron chi connectivity index (χ2n) is 7.29. The highest BCUT2D eigenvalue weighted by atomic mass is 16.2. The molecule has 3 heterocycles. The van der Waals surface area contributed by atoms with Gasteiger partial charge in [0.05, 0.1) is 5.39 Å². The molecule has 140 valence electrons. The summed E-state index contributed by atoms with van der Waals surface area (Å²) in [7, 11) is 1.78. The van der Waals surface area contributed by atoms with Crippen LogP contribution in [-0.4, -0.2) is 26.4 Å². The van der Waals surface area contributed by atoms with Gasteiger partial charge in [0.25, 0.3) is 11.5 Å². The second-order valence-corrected chi connectivity index (χ2v) is 7.29. The number of nitrogens with one attached hydrogen (secondary N) is 1. The number of allylic oxidation sites excluding steroid dienone is 1. The highest BCUT2D eigenvalue weighted by Crippen LogP contribution is 2.20. The quantitative estimate of drug-likeness (QED) is 0.723. The number of carbonyl (C=O) groups is 1. The predicted molar refractivity (Wildman–Crippen MR) is 106 cm³/mol. The van der Waals surface area contributed by atoms with E-state index in [2.05, 4.69) is 16.4 Å². The Hall–Kier alpha value is -2.89. The van der Waals surface area contributed by atoms with Gasteiger partial charge in [-0.3, -0.25) is 14.0 Å². The minimum atomic E-state index is -0.170. The van der Waals surface area contributed by atoms with Crippen molar-refractivity contribution in [2.45, 2.75) is 39.0 Å². The fourth-order valence-corrected chi connectivity index (χ4v) is 3.75. The molecule has 3 aromatic heterocycles. The lowest BCUT2D eigenvalue weighted by molar-refractivity contribution is 0.0946. The van der Waals surface area contributed by atoms with Gasteiger partial charge in [-0.1, -0.05) is 17.7 Å². The number of amides is 1. The Balaban J connectivity index is 1.61. The first kappa shape index (κ1) is 17.5. The Labute approximate surface area is 157 Å². The molecule has 0 aromatic carbocycles. The third kappa shape index (κ3) is 3.27. The number of fused-ring (bicyclic) bond motifs is 2. The number of aryl methyl sites for hydroxylation is 2. The van der Waals surface area contributed by atoms with Gasteiger partial charge in [0.2, 0.25) is 0 Å². The minimum absolute atomic E-state index is 0.152. The van der Waals surface area contributed by atoms with E-state index in [4.69, 9.17) is 0 Å². The van der Waals surface area contributed by atoms with Crippen LogP contribution in [0.25, 0.3) is 16.7 Å². The molecule has 1 amide bonds. The van der Waals surface area contributed by atoms with Crippen LogP contribution in [0.1, 0.15) is 48.2 Å². The van der Waals surface area contributed by atoms with Crippen molar-refractivity contribution in [3.05, 3.63) is 57.7 Å². The lowest BCUT2D eigenvalue weighted by Gasteiger charge is -2.13. The van der Waals surface area contributed by atoms with E-state index in [0.29, 0.717) is 28.9 Å². The van der Waals surface area contributed by atoms with Crippen molar-refractivity contribution in [3.63, 3.8) is 0 Å². The van der Waals surface area contributed by atoms with Gasteiger partial charge in [0.1, 0.15) is 17.0 Å². The van der Waals surface area contributed by atoms with Gasteiger partial charge in [-0.2, -0.15) is 0 Å². The number of nitrogens with zero attached hydrogens (tertiary/aromatic N) is 3. The molecule has 0 fully saturated rings. The van der Waals surface area contributed by atoms with Gasteiger partial charge in [0, 0.05) is 19.8 Å².